The van der Waals surface area contributed by atoms with Crippen molar-refractivity contribution in [2.24, 2.45) is 10.9 Å². The first-order valence-electron chi connectivity index (χ1n) is 11.2. The Morgan fingerprint density at radius 2 is 1.83 bits per heavy atom. The van der Waals surface area contributed by atoms with E-state index >= 15 is 0 Å². The van der Waals surface area contributed by atoms with E-state index in [1.807, 2.05) is 7.05 Å². The number of piperazine rings is 1. The number of likely N-dealkylation sites (N-methyl/N-ethyl adjacent to an activating group) is 1. The molecule has 162 valence electrons. The molecule has 6 nitrogen and oxygen atoms in total. The molecule has 6 heteroatoms. The largest absolute Gasteiger partial charge is 0.497 e. The van der Waals surface area contributed by atoms with E-state index in [-0.39, 0.29) is 0 Å². The molecule has 0 spiro atoms. The zero-order valence-corrected chi connectivity index (χ0v) is 18.7. The number of aliphatic imine (C=N–C) groups is 1. The normalized spacial score (nSPS) is 22.7. The Balaban J connectivity index is 1.43. The fourth-order valence-corrected chi connectivity index (χ4v) is 4.49. The third kappa shape index (κ3) is 6.09. The van der Waals surface area contributed by atoms with Gasteiger partial charge in [0.2, 0.25) is 0 Å². The first kappa shape index (κ1) is 21.9. The average molecular weight is 402 g/mol. The number of hydrogen-bond acceptors (Lipinski definition) is 4. The molecule has 2 atom stereocenters. The minimum Gasteiger partial charge on any atom is -0.497 e. The van der Waals surface area contributed by atoms with Crippen molar-refractivity contribution >= 4 is 5.96 Å². The van der Waals surface area contributed by atoms with Crippen molar-refractivity contribution in [3.8, 4) is 5.75 Å². The van der Waals surface area contributed by atoms with Crippen LogP contribution in [0.4, 0.5) is 0 Å². The highest BCUT2D eigenvalue weighted by atomic mass is 16.5. The summed E-state index contributed by atoms with van der Waals surface area (Å²) in [5, 5.41) is 3.63. The van der Waals surface area contributed by atoms with Crippen molar-refractivity contribution in [3.05, 3.63) is 29.8 Å². The maximum atomic E-state index is 5.28. The van der Waals surface area contributed by atoms with Gasteiger partial charge in [-0.2, -0.15) is 0 Å². The molecule has 29 heavy (non-hydrogen) atoms. The number of rotatable bonds is 7. The lowest BCUT2D eigenvalue weighted by Gasteiger charge is -2.35. The third-order valence-electron chi connectivity index (χ3n) is 6.38. The number of benzene rings is 1. The molecule has 1 N–H and O–H groups in total. The van der Waals surface area contributed by atoms with Gasteiger partial charge in [-0.1, -0.05) is 26.0 Å². The second-order valence-corrected chi connectivity index (χ2v) is 8.47. The van der Waals surface area contributed by atoms with Gasteiger partial charge in [0.25, 0.3) is 0 Å². The fraction of sp³-hybridized carbons (Fsp3) is 0.696. The van der Waals surface area contributed by atoms with Crippen LogP contribution in [0.25, 0.3) is 0 Å². The molecular weight excluding hydrogens is 362 g/mol. The van der Waals surface area contributed by atoms with Crippen molar-refractivity contribution in [1.29, 1.82) is 0 Å². The number of nitrogens with one attached hydrogen (secondary N) is 1. The smallest absolute Gasteiger partial charge is 0.193 e. The lowest BCUT2D eigenvalue weighted by Crippen LogP contribution is -2.48. The Morgan fingerprint density at radius 3 is 2.45 bits per heavy atom. The number of hydrogen-bond donors (Lipinski definition) is 1. The van der Waals surface area contributed by atoms with E-state index in [4.69, 9.17) is 4.74 Å². The highest BCUT2D eigenvalue weighted by Gasteiger charge is 2.26. The molecule has 0 bridgehead atoms. The predicted octanol–water partition coefficient (Wildman–Crippen LogP) is 2.33. The van der Waals surface area contributed by atoms with Gasteiger partial charge in [0.05, 0.1) is 7.11 Å². The molecule has 0 amide bonds. The van der Waals surface area contributed by atoms with Gasteiger partial charge in [-0.15, -0.1) is 0 Å². The lowest BCUT2D eigenvalue weighted by atomic mass is 9.98. The van der Waals surface area contributed by atoms with E-state index < -0.39 is 0 Å². The highest BCUT2D eigenvalue weighted by molar-refractivity contribution is 5.80. The Morgan fingerprint density at radius 1 is 1.14 bits per heavy atom. The zero-order chi connectivity index (χ0) is 20.6. The van der Waals surface area contributed by atoms with Crippen LogP contribution in [0.15, 0.2) is 29.3 Å². The summed E-state index contributed by atoms with van der Waals surface area (Å²) in [6.07, 6.45) is 1.17. The van der Waals surface area contributed by atoms with E-state index in [1.54, 1.807) is 7.11 Å². The number of guanidine groups is 1. The average Bonchev–Trinajstić information content (AvgIpc) is 3.25. The van der Waals surface area contributed by atoms with Crippen molar-refractivity contribution < 1.29 is 4.74 Å². The molecule has 0 aliphatic carbocycles. The molecule has 2 aliphatic heterocycles. The van der Waals surface area contributed by atoms with E-state index in [0.29, 0.717) is 11.8 Å². The molecule has 3 rings (SSSR count). The second-order valence-electron chi connectivity index (χ2n) is 8.47. The molecule has 2 aliphatic rings. The lowest BCUT2D eigenvalue weighted by molar-refractivity contribution is 0.124. The molecular formula is C23H39N5O. The van der Waals surface area contributed by atoms with Crippen LogP contribution in [0.1, 0.15) is 31.7 Å². The van der Waals surface area contributed by atoms with E-state index in [0.717, 1.165) is 37.9 Å². The molecule has 0 radical (unpaired) electrons. The second kappa shape index (κ2) is 10.8. The van der Waals surface area contributed by atoms with Crippen molar-refractivity contribution in [1.82, 2.24) is 20.0 Å². The summed E-state index contributed by atoms with van der Waals surface area (Å²) >= 11 is 0. The summed E-state index contributed by atoms with van der Waals surface area (Å²) < 4.78 is 5.28. The first-order valence-corrected chi connectivity index (χ1v) is 11.2. The molecule has 2 fully saturated rings. The van der Waals surface area contributed by atoms with Gasteiger partial charge in [0, 0.05) is 65.3 Å². The van der Waals surface area contributed by atoms with Gasteiger partial charge in [-0.3, -0.25) is 4.99 Å². The summed E-state index contributed by atoms with van der Waals surface area (Å²) in [5.74, 6) is 3.14. The summed E-state index contributed by atoms with van der Waals surface area (Å²) in [6.45, 7) is 14.8. The van der Waals surface area contributed by atoms with Gasteiger partial charge in [0.1, 0.15) is 5.75 Å². The van der Waals surface area contributed by atoms with Crippen molar-refractivity contribution in [2.45, 2.75) is 26.2 Å². The van der Waals surface area contributed by atoms with Crippen LogP contribution in [0.5, 0.6) is 5.75 Å². The van der Waals surface area contributed by atoms with Gasteiger partial charge in [-0.25, -0.2) is 0 Å². The summed E-state index contributed by atoms with van der Waals surface area (Å²) in [6, 6.07) is 8.52. The van der Waals surface area contributed by atoms with Crippen molar-refractivity contribution in [3.63, 3.8) is 0 Å². The first-order chi connectivity index (χ1) is 14.1. The number of nitrogens with zero attached hydrogens (tertiary/aromatic N) is 4. The highest BCUT2D eigenvalue weighted by Crippen LogP contribution is 2.28. The number of methoxy groups -OCH3 is 1. The minimum atomic E-state index is 0.562. The van der Waals surface area contributed by atoms with E-state index in [2.05, 4.69) is 63.1 Å². The van der Waals surface area contributed by atoms with Crippen LogP contribution in [-0.2, 0) is 0 Å². The third-order valence-corrected chi connectivity index (χ3v) is 6.38. The van der Waals surface area contributed by atoms with Crippen LogP contribution >= 0.6 is 0 Å². The van der Waals surface area contributed by atoms with Crippen LogP contribution in [-0.4, -0.2) is 93.7 Å². The predicted molar refractivity (Wildman–Crippen MR) is 121 cm³/mol. The van der Waals surface area contributed by atoms with Crippen LogP contribution in [0, 0.1) is 5.92 Å². The molecule has 0 aromatic heterocycles. The molecule has 2 saturated heterocycles. The fourth-order valence-electron chi connectivity index (χ4n) is 4.49. The minimum absolute atomic E-state index is 0.562. The summed E-state index contributed by atoms with van der Waals surface area (Å²) in [7, 11) is 3.62. The molecule has 2 heterocycles. The van der Waals surface area contributed by atoms with Crippen LogP contribution < -0.4 is 10.1 Å². The Kier molecular flexibility index (Phi) is 8.19. The summed E-state index contributed by atoms with van der Waals surface area (Å²) in [5.41, 5.74) is 1.39. The van der Waals surface area contributed by atoms with E-state index in [9.17, 15) is 0 Å². The Bertz CT molecular complexity index is 639. The standard InChI is InChI=1S/C23H39N5O/c1-5-26-12-14-27(15-13-26)17-19(2)16-25-23(24-3)28-11-10-21(18-28)20-6-8-22(29-4)9-7-20/h6-9,19,21H,5,10-18H2,1-4H3,(H,24,25). The SMILES string of the molecule is CCN1CCN(CC(C)CNC(=NC)N2CCC(c3ccc(OC)cc3)C2)CC1. The Hall–Kier alpha value is -1.79. The molecule has 1 aromatic rings. The van der Waals surface area contributed by atoms with Gasteiger partial charge in [0.15, 0.2) is 5.96 Å². The van der Waals surface area contributed by atoms with Gasteiger partial charge < -0.3 is 24.8 Å². The zero-order valence-electron chi connectivity index (χ0n) is 18.7. The van der Waals surface area contributed by atoms with Gasteiger partial charge in [-0.05, 0) is 36.6 Å². The summed E-state index contributed by atoms with van der Waals surface area (Å²) in [4.78, 5) is 12.1. The number of ether oxygens (including phenoxy) is 1. The van der Waals surface area contributed by atoms with Crippen LogP contribution in [0.3, 0.4) is 0 Å². The maximum absolute atomic E-state index is 5.28. The van der Waals surface area contributed by atoms with Gasteiger partial charge >= 0.3 is 0 Å². The monoisotopic (exact) mass is 401 g/mol. The van der Waals surface area contributed by atoms with E-state index in [1.165, 1.54) is 44.7 Å². The van der Waals surface area contributed by atoms with Crippen LogP contribution in [0.2, 0.25) is 0 Å². The molecule has 2 unspecified atom stereocenters. The number of likely N-dealkylation sites (tertiary alicyclic amines) is 1. The quantitative estimate of drug-likeness (QED) is 0.561. The molecule has 0 saturated carbocycles. The topological polar surface area (TPSA) is 43.3 Å². The maximum Gasteiger partial charge on any atom is 0.193 e. The van der Waals surface area contributed by atoms with Crippen molar-refractivity contribution in [2.75, 3.05) is 73.1 Å². The molecule has 1 aromatic carbocycles. The Labute approximate surface area is 176 Å².